The Morgan fingerprint density at radius 1 is 1.28 bits per heavy atom. The zero-order valence-electron chi connectivity index (χ0n) is 18.7. The van der Waals surface area contributed by atoms with Gasteiger partial charge in [0, 0.05) is 20.6 Å². The Hall–Kier alpha value is -3.35. The molecule has 0 spiro atoms. The number of rotatable bonds is 12. The smallest absolute Gasteiger partial charge is 0.416 e. The number of urea groups is 1. The minimum Gasteiger partial charge on any atom is -0.480 e. The molecule has 178 valence electrons. The van der Waals surface area contributed by atoms with E-state index in [0.29, 0.717) is 30.4 Å². The molecule has 3 amide bonds. The standard InChI is InChI=1S/C19H32N8O5/c1-4-5-6-10-32-19(31)26-12-27(16-14(26)15(25(2)3)22-11-23-16)24-13(17(28)29)8-7-9-21-18(20)30/h11,13,24H,4-10,12H2,1-3H3,(H,28,29)(H3,20,21,30)/t13-/m1/s1. The van der Waals surface area contributed by atoms with E-state index in [1.165, 1.54) is 16.2 Å². The van der Waals surface area contributed by atoms with Crippen LogP contribution in [-0.4, -0.2) is 73.1 Å². The number of ether oxygens (including phenoxy) is 1. The number of carboxylic acid groups (broad SMARTS) is 1. The van der Waals surface area contributed by atoms with Gasteiger partial charge < -0.3 is 25.8 Å². The topological polar surface area (TPSA) is 166 Å². The van der Waals surface area contributed by atoms with Crippen molar-refractivity contribution < 1.29 is 24.2 Å². The van der Waals surface area contributed by atoms with Gasteiger partial charge in [-0.25, -0.2) is 25.0 Å². The fourth-order valence-corrected chi connectivity index (χ4v) is 3.20. The van der Waals surface area contributed by atoms with Gasteiger partial charge in [-0.1, -0.05) is 19.8 Å². The van der Waals surface area contributed by atoms with Crippen molar-refractivity contribution in [1.29, 1.82) is 0 Å². The third kappa shape index (κ3) is 6.57. The van der Waals surface area contributed by atoms with Crippen molar-refractivity contribution in [1.82, 2.24) is 20.7 Å². The van der Waals surface area contributed by atoms with E-state index in [1.54, 1.807) is 19.0 Å². The number of aromatic nitrogens is 2. The number of carbonyl (C=O) groups is 3. The number of amides is 3. The summed E-state index contributed by atoms with van der Waals surface area (Å²) in [4.78, 5) is 47.0. The number of primary amides is 1. The van der Waals surface area contributed by atoms with E-state index in [9.17, 15) is 19.5 Å². The summed E-state index contributed by atoms with van der Waals surface area (Å²) in [7, 11) is 3.57. The molecule has 0 fully saturated rings. The van der Waals surface area contributed by atoms with Crippen molar-refractivity contribution in [3.8, 4) is 0 Å². The van der Waals surface area contributed by atoms with Crippen LogP contribution < -0.4 is 31.3 Å². The van der Waals surface area contributed by atoms with E-state index in [-0.39, 0.29) is 19.6 Å². The number of carbonyl (C=O) groups excluding carboxylic acids is 2. The van der Waals surface area contributed by atoms with Crippen molar-refractivity contribution in [3.05, 3.63) is 6.33 Å². The molecular weight excluding hydrogens is 420 g/mol. The van der Waals surface area contributed by atoms with Gasteiger partial charge in [0.15, 0.2) is 11.6 Å². The highest BCUT2D eigenvalue weighted by molar-refractivity contribution is 5.99. The average molecular weight is 453 g/mol. The molecule has 1 aromatic heterocycles. The van der Waals surface area contributed by atoms with E-state index in [1.807, 2.05) is 0 Å². The maximum atomic E-state index is 12.8. The second-order valence-electron chi connectivity index (χ2n) is 7.54. The maximum absolute atomic E-state index is 12.8. The Morgan fingerprint density at radius 3 is 2.66 bits per heavy atom. The van der Waals surface area contributed by atoms with E-state index in [4.69, 9.17) is 10.5 Å². The van der Waals surface area contributed by atoms with Gasteiger partial charge in [-0.3, -0.25) is 14.7 Å². The van der Waals surface area contributed by atoms with E-state index in [2.05, 4.69) is 27.6 Å². The summed E-state index contributed by atoms with van der Waals surface area (Å²) < 4.78 is 5.41. The number of hydrogen-bond acceptors (Lipinski definition) is 9. The Kier molecular flexibility index (Phi) is 9.25. The summed E-state index contributed by atoms with van der Waals surface area (Å²) in [5.41, 5.74) is 8.38. The van der Waals surface area contributed by atoms with Crippen molar-refractivity contribution in [2.75, 3.05) is 48.7 Å². The lowest BCUT2D eigenvalue weighted by Crippen LogP contribution is -2.51. The molecule has 2 heterocycles. The molecule has 1 aromatic rings. The number of anilines is 3. The monoisotopic (exact) mass is 452 g/mol. The van der Waals surface area contributed by atoms with Crippen LogP contribution in [0.5, 0.6) is 0 Å². The molecular formula is C19H32N8O5. The Labute approximate surface area is 186 Å². The van der Waals surface area contributed by atoms with Crippen LogP contribution in [0.2, 0.25) is 0 Å². The van der Waals surface area contributed by atoms with E-state index in [0.717, 1.165) is 19.3 Å². The molecule has 0 radical (unpaired) electrons. The van der Waals surface area contributed by atoms with Gasteiger partial charge in [0.05, 0.1) is 6.61 Å². The lowest BCUT2D eigenvalue weighted by Gasteiger charge is -2.24. The molecule has 13 nitrogen and oxygen atoms in total. The first kappa shape index (κ1) is 24.9. The Balaban J connectivity index is 2.18. The summed E-state index contributed by atoms with van der Waals surface area (Å²) in [6.45, 7) is 2.61. The summed E-state index contributed by atoms with van der Waals surface area (Å²) >= 11 is 0. The number of nitrogens with zero attached hydrogens (tertiary/aromatic N) is 5. The number of unbranched alkanes of at least 4 members (excludes halogenated alkanes) is 2. The van der Waals surface area contributed by atoms with Crippen molar-refractivity contribution in [3.63, 3.8) is 0 Å². The van der Waals surface area contributed by atoms with Crippen LogP contribution in [0.15, 0.2) is 6.33 Å². The first-order chi connectivity index (χ1) is 15.3. The summed E-state index contributed by atoms with van der Waals surface area (Å²) in [6.07, 6.45) is 4.13. The SMILES string of the molecule is CCCCCOC(=O)N1CN(N[C@H](CCCNC(N)=O)C(=O)O)c2ncnc(N(C)C)c21. The molecule has 0 bridgehead atoms. The highest BCUT2D eigenvalue weighted by atomic mass is 16.6. The second-order valence-corrected chi connectivity index (χ2v) is 7.54. The van der Waals surface area contributed by atoms with E-state index < -0.39 is 24.1 Å². The number of hydrogen-bond donors (Lipinski definition) is 4. The van der Waals surface area contributed by atoms with Crippen LogP contribution in [0.4, 0.5) is 26.9 Å². The third-order valence-corrected chi connectivity index (χ3v) is 4.79. The zero-order chi connectivity index (χ0) is 23.7. The molecule has 1 aliphatic heterocycles. The van der Waals surface area contributed by atoms with Crippen LogP contribution in [0.3, 0.4) is 0 Å². The van der Waals surface area contributed by atoms with Gasteiger partial charge in [-0.05, 0) is 19.3 Å². The lowest BCUT2D eigenvalue weighted by atomic mass is 10.1. The van der Waals surface area contributed by atoms with Gasteiger partial charge in [-0.2, -0.15) is 0 Å². The van der Waals surface area contributed by atoms with Gasteiger partial charge in [-0.15, -0.1) is 0 Å². The zero-order valence-corrected chi connectivity index (χ0v) is 18.7. The van der Waals surface area contributed by atoms with Gasteiger partial charge in [0.2, 0.25) is 0 Å². The van der Waals surface area contributed by atoms with Crippen molar-refractivity contribution >= 4 is 35.4 Å². The predicted molar refractivity (Wildman–Crippen MR) is 118 cm³/mol. The molecule has 1 atom stereocenters. The normalized spacial score (nSPS) is 13.5. The van der Waals surface area contributed by atoms with Crippen LogP contribution in [0.25, 0.3) is 0 Å². The van der Waals surface area contributed by atoms with Crippen LogP contribution in [0, 0.1) is 0 Å². The van der Waals surface area contributed by atoms with Crippen LogP contribution >= 0.6 is 0 Å². The molecule has 0 saturated heterocycles. The molecule has 0 saturated carbocycles. The molecule has 0 unspecified atom stereocenters. The fraction of sp³-hybridized carbons (Fsp3) is 0.632. The van der Waals surface area contributed by atoms with Gasteiger partial charge >= 0.3 is 18.1 Å². The van der Waals surface area contributed by atoms with Crippen LogP contribution in [0.1, 0.15) is 39.0 Å². The predicted octanol–water partition coefficient (Wildman–Crippen LogP) is 0.860. The van der Waals surface area contributed by atoms with Crippen LogP contribution in [-0.2, 0) is 9.53 Å². The molecule has 13 heteroatoms. The lowest BCUT2D eigenvalue weighted by molar-refractivity contribution is -0.139. The average Bonchev–Trinajstić information content (AvgIpc) is 3.11. The molecule has 0 aliphatic carbocycles. The summed E-state index contributed by atoms with van der Waals surface area (Å²) in [5, 5.41) is 13.6. The van der Waals surface area contributed by atoms with Gasteiger partial charge in [0.25, 0.3) is 0 Å². The number of aliphatic carboxylic acids is 1. The largest absolute Gasteiger partial charge is 0.480 e. The van der Waals surface area contributed by atoms with E-state index >= 15 is 0 Å². The highest BCUT2D eigenvalue weighted by Crippen LogP contribution is 2.39. The summed E-state index contributed by atoms with van der Waals surface area (Å²) in [5.74, 6) is -0.203. The van der Waals surface area contributed by atoms with Crippen molar-refractivity contribution in [2.24, 2.45) is 5.73 Å². The molecule has 5 N–H and O–H groups in total. The molecule has 0 aromatic carbocycles. The number of hydrazine groups is 1. The van der Waals surface area contributed by atoms with Crippen molar-refractivity contribution in [2.45, 2.75) is 45.1 Å². The molecule has 32 heavy (non-hydrogen) atoms. The minimum atomic E-state index is -1.08. The number of nitrogens with two attached hydrogens (primary N) is 1. The first-order valence-corrected chi connectivity index (χ1v) is 10.5. The molecule has 2 rings (SSSR count). The minimum absolute atomic E-state index is 0.00476. The Morgan fingerprint density at radius 2 is 2.03 bits per heavy atom. The number of carboxylic acids is 1. The fourth-order valence-electron chi connectivity index (χ4n) is 3.20. The quantitative estimate of drug-likeness (QED) is 0.334. The maximum Gasteiger partial charge on any atom is 0.416 e. The van der Waals surface area contributed by atoms with Gasteiger partial charge in [0.1, 0.15) is 24.7 Å². The first-order valence-electron chi connectivity index (χ1n) is 10.5. The Bertz CT molecular complexity index is 806. The third-order valence-electron chi connectivity index (χ3n) is 4.79. The summed E-state index contributed by atoms with van der Waals surface area (Å²) in [6, 6.07) is -1.64. The second kappa shape index (κ2) is 11.9. The highest BCUT2D eigenvalue weighted by Gasteiger charge is 2.38. The number of fused-ring (bicyclic) bond motifs is 1. The molecule has 1 aliphatic rings. The number of nitrogens with one attached hydrogen (secondary N) is 2.